The number of nitrogens with zero attached hydrogens (tertiary/aromatic N) is 2. The zero-order valence-electron chi connectivity index (χ0n) is 16.8. The second-order valence-corrected chi connectivity index (χ2v) is 6.31. The van der Waals surface area contributed by atoms with Gasteiger partial charge >= 0.3 is 6.03 Å². The summed E-state index contributed by atoms with van der Waals surface area (Å²) < 4.78 is 11.0. The number of amides is 4. The van der Waals surface area contributed by atoms with Crippen molar-refractivity contribution in [2.45, 2.75) is 13.8 Å². The van der Waals surface area contributed by atoms with Crippen molar-refractivity contribution in [3.8, 4) is 11.5 Å². The first-order valence-corrected chi connectivity index (χ1v) is 9.41. The van der Waals surface area contributed by atoms with E-state index in [1.807, 2.05) is 13.8 Å². The lowest BCUT2D eigenvalue weighted by atomic mass is 10.1. The second kappa shape index (κ2) is 9.08. The van der Waals surface area contributed by atoms with E-state index in [2.05, 4.69) is 5.32 Å². The number of carbonyl (C=O) groups is 3. The number of rotatable bonds is 7. The smallest absolute Gasteiger partial charge is 0.335 e. The van der Waals surface area contributed by atoms with Crippen molar-refractivity contribution >= 4 is 35.3 Å². The van der Waals surface area contributed by atoms with E-state index in [-0.39, 0.29) is 16.9 Å². The highest BCUT2D eigenvalue weighted by atomic mass is 16.6. The maximum Gasteiger partial charge on any atom is 0.335 e. The first-order chi connectivity index (χ1) is 14.8. The van der Waals surface area contributed by atoms with Crippen LogP contribution in [0.4, 0.5) is 16.2 Å². The molecule has 0 bridgehead atoms. The van der Waals surface area contributed by atoms with Gasteiger partial charge in [0.2, 0.25) is 0 Å². The summed E-state index contributed by atoms with van der Waals surface area (Å²) in [5.41, 5.74) is -0.165. The quantitative estimate of drug-likeness (QED) is 0.312. The number of barbiturate groups is 1. The second-order valence-electron chi connectivity index (χ2n) is 6.31. The molecule has 1 aliphatic rings. The molecule has 160 valence electrons. The van der Waals surface area contributed by atoms with Gasteiger partial charge in [-0.2, -0.15) is 0 Å². The minimum atomic E-state index is -0.991. The number of benzene rings is 2. The molecule has 0 radical (unpaired) electrons. The molecule has 0 aromatic heterocycles. The van der Waals surface area contributed by atoms with Gasteiger partial charge in [-0.25, -0.2) is 9.69 Å². The zero-order chi connectivity index (χ0) is 22.5. The van der Waals surface area contributed by atoms with E-state index >= 15 is 0 Å². The Morgan fingerprint density at radius 3 is 2.42 bits per heavy atom. The molecule has 1 fully saturated rings. The third-order valence-electron chi connectivity index (χ3n) is 4.28. The minimum absolute atomic E-state index is 0.0307. The van der Waals surface area contributed by atoms with Gasteiger partial charge in [-0.15, -0.1) is 0 Å². The zero-order valence-corrected chi connectivity index (χ0v) is 16.8. The summed E-state index contributed by atoms with van der Waals surface area (Å²) in [4.78, 5) is 48.7. The fourth-order valence-electron chi connectivity index (χ4n) is 2.96. The molecule has 10 heteroatoms. The highest BCUT2D eigenvalue weighted by Crippen LogP contribution is 2.30. The van der Waals surface area contributed by atoms with Gasteiger partial charge in [0.1, 0.15) is 5.57 Å². The predicted octanol–water partition coefficient (Wildman–Crippen LogP) is 3.06. The van der Waals surface area contributed by atoms with Crippen molar-refractivity contribution in [3.05, 3.63) is 63.7 Å². The topological polar surface area (TPSA) is 128 Å². The summed E-state index contributed by atoms with van der Waals surface area (Å²) in [6.07, 6.45) is 1.31. The number of non-ortho nitro benzene ring substituents is 1. The summed E-state index contributed by atoms with van der Waals surface area (Å²) in [7, 11) is 0. The molecule has 2 aromatic carbocycles. The highest BCUT2D eigenvalue weighted by Gasteiger charge is 2.37. The van der Waals surface area contributed by atoms with Gasteiger partial charge in [0, 0.05) is 12.1 Å². The Labute approximate surface area is 177 Å². The van der Waals surface area contributed by atoms with Gasteiger partial charge < -0.3 is 9.47 Å². The average molecular weight is 425 g/mol. The third kappa shape index (κ3) is 4.53. The number of hydrogen-bond donors (Lipinski definition) is 1. The summed E-state index contributed by atoms with van der Waals surface area (Å²) in [5, 5.41) is 13.1. The van der Waals surface area contributed by atoms with Crippen LogP contribution in [0.5, 0.6) is 11.5 Å². The summed E-state index contributed by atoms with van der Waals surface area (Å²) in [6.45, 7) is 4.45. The van der Waals surface area contributed by atoms with Crippen molar-refractivity contribution in [2.75, 3.05) is 18.1 Å². The van der Waals surface area contributed by atoms with Crippen molar-refractivity contribution < 1.29 is 28.8 Å². The molecule has 1 N–H and O–H groups in total. The fraction of sp³-hybridized carbons (Fsp3) is 0.190. The van der Waals surface area contributed by atoms with E-state index in [1.165, 1.54) is 24.3 Å². The van der Waals surface area contributed by atoms with Crippen molar-refractivity contribution in [3.63, 3.8) is 0 Å². The summed E-state index contributed by atoms with van der Waals surface area (Å²) in [5.74, 6) is -0.821. The van der Waals surface area contributed by atoms with Gasteiger partial charge in [-0.05, 0) is 43.7 Å². The molecule has 0 spiro atoms. The third-order valence-corrected chi connectivity index (χ3v) is 4.28. The van der Waals surface area contributed by atoms with Crippen LogP contribution in [0.15, 0.2) is 48.0 Å². The van der Waals surface area contributed by atoms with Gasteiger partial charge in [0.05, 0.1) is 23.8 Å². The van der Waals surface area contributed by atoms with Crippen molar-refractivity contribution in [1.82, 2.24) is 5.32 Å². The molecule has 10 nitrogen and oxygen atoms in total. The fourth-order valence-corrected chi connectivity index (χ4v) is 2.96. The SMILES string of the molecule is CCOc1ccc(/C=C2/C(=O)NC(=O)N(c3cccc([N+](=O)[O-])c3)C2=O)cc1OCC. The molecule has 2 aromatic rings. The Kier molecular flexibility index (Phi) is 6.29. The number of imide groups is 2. The molecule has 1 heterocycles. The molecule has 3 rings (SSSR count). The molecule has 1 saturated heterocycles. The lowest BCUT2D eigenvalue weighted by molar-refractivity contribution is -0.384. The Morgan fingerprint density at radius 2 is 1.74 bits per heavy atom. The number of anilines is 1. The molecule has 0 saturated carbocycles. The van der Waals surface area contributed by atoms with Gasteiger partial charge in [0.25, 0.3) is 17.5 Å². The minimum Gasteiger partial charge on any atom is -0.490 e. The van der Waals surface area contributed by atoms with Crippen LogP contribution in [0.25, 0.3) is 6.08 Å². The van der Waals surface area contributed by atoms with Gasteiger partial charge in [-0.1, -0.05) is 12.1 Å². The van der Waals surface area contributed by atoms with E-state index in [9.17, 15) is 24.5 Å². The number of nitrogens with one attached hydrogen (secondary N) is 1. The van der Waals surface area contributed by atoms with Crippen LogP contribution in [-0.2, 0) is 9.59 Å². The lowest BCUT2D eigenvalue weighted by Gasteiger charge is -2.26. The number of hydrogen-bond acceptors (Lipinski definition) is 7. The van der Waals surface area contributed by atoms with Crippen LogP contribution in [0, 0.1) is 10.1 Å². The number of urea groups is 1. The first kappa shape index (κ1) is 21.5. The van der Waals surface area contributed by atoms with Crippen LogP contribution in [0.3, 0.4) is 0 Å². The molecule has 0 atom stereocenters. The van der Waals surface area contributed by atoms with E-state index in [0.717, 1.165) is 6.07 Å². The van der Waals surface area contributed by atoms with E-state index in [0.29, 0.717) is 35.2 Å². The Hall–Kier alpha value is -4.21. The Bertz CT molecular complexity index is 1090. The van der Waals surface area contributed by atoms with E-state index in [1.54, 1.807) is 18.2 Å². The maximum absolute atomic E-state index is 13.0. The molecule has 0 unspecified atom stereocenters. The number of ether oxygens (including phenoxy) is 2. The van der Waals surface area contributed by atoms with Crippen LogP contribution >= 0.6 is 0 Å². The number of carbonyl (C=O) groups excluding carboxylic acids is 3. The largest absolute Gasteiger partial charge is 0.490 e. The van der Waals surface area contributed by atoms with E-state index in [4.69, 9.17) is 9.47 Å². The van der Waals surface area contributed by atoms with Crippen LogP contribution < -0.4 is 19.7 Å². The molecule has 0 aliphatic carbocycles. The maximum atomic E-state index is 13.0. The Morgan fingerprint density at radius 1 is 1.03 bits per heavy atom. The van der Waals surface area contributed by atoms with Gasteiger partial charge in [0.15, 0.2) is 11.5 Å². The normalized spacial score (nSPS) is 15.1. The molecular formula is C21H19N3O7. The van der Waals surface area contributed by atoms with Gasteiger partial charge in [-0.3, -0.25) is 25.0 Å². The van der Waals surface area contributed by atoms with Crippen LogP contribution in [0.1, 0.15) is 19.4 Å². The molecule has 31 heavy (non-hydrogen) atoms. The molecular weight excluding hydrogens is 406 g/mol. The lowest BCUT2D eigenvalue weighted by Crippen LogP contribution is -2.54. The van der Waals surface area contributed by atoms with Crippen molar-refractivity contribution in [2.24, 2.45) is 0 Å². The average Bonchev–Trinajstić information content (AvgIpc) is 2.73. The van der Waals surface area contributed by atoms with E-state index < -0.39 is 22.8 Å². The summed E-state index contributed by atoms with van der Waals surface area (Å²) >= 11 is 0. The van der Waals surface area contributed by atoms with Crippen LogP contribution in [-0.4, -0.2) is 36.0 Å². The highest BCUT2D eigenvalue weighted by molar-refractivity contribution is 6.39. The summed E-state index contributed by atoms with van der Waals surface area (Å²) in [6, 6.07) is 8.91. The number of nitro benzene ring substituents is 1. The monoisotopic (exact) mass is 425 g/mol. The first-order valence-electron chi connectivity index (χ1n) is 9.41. The standard InChI is InChI=1S/C21H19N3O7/c1-3-30-17-9-8-13(11-18(17)31-4-2)10-16-19(25)22-21(27)23(20(16)26)14-6-5-7-15(12-14)24(28)29/h5-12H,3-4H2,1-2H3,(H,22,25,27)/b16-10-. The van der Waals surface area contributed by atoms with Crippen molar-refractivity contribution in [1.29, 1.82) is 0 Å². The number of nitro groups is 1. The predicted molar refractivity (Wildman–Crippen MR) is 111 cm³/mol. The molecule has 1 aliphatic heterocycles. The molecule has 4 amide bonds. The Balaban J connectivity index is 2.00. The van der Waals surface area contributed by atoms with Crippen LogP contribution in [0.2, 0.25) is 0 Å².